The van der Waals surface area contributed by atoms with Gasteiger partial charge in [0.1, 0.15) is 17.7 Å². The molecule has 4 rings (SSSR count). The summed E-state index contributed by atoms with van der Waals surface area (Å²) in [5.74, 6) is -3.14. The maximum atomic E-state index is 14.8. The summed E-state index contributed by atoms with van der Waals surface area (Å²) in [5.41, 5.74) is 1.93. The normalized spacial score (nSPS) is 15.0. The number of carbonyl (C=O) groups is 2. The molecule has 182 valence electrons. The summed E-state index contributed by atoms with van der Waals surface area (Å²) in [7, 11) is 0. The number of pyridine rings is 1. The molecule has 0 aliphatic carbocycles. The van der Waals surface area contributed by atoms with Crippen LogP contribution < -0.4 is 10.9 Å². The number of Topliss-reactive ketones (excluding diaryl/α,β-unsaturated/α-hetero) is 1. The Bertz CT molecular complexity index is 1310. The van der Waals surface area contributed by atoms with Crippen LogP contribution in [0.25, 0.3) is 5.69 Å². The predicted molar refractivity (Wildman–Crippen MR) is 127 cm³/mol. The van der Waals surface area contributed by atoms with Crippen molar-refractivity contribution in [3.05, 3.63) is 99.0 Å². The molecule has 8 heteroatoms. The zero-order chi connectivity index (χ0) is 25.1. The topological polar surface area (TPSA) is 77.4 Å². The maximum absolute atomic E-state index is 14.8. The van der Waals surface area contributed by atoms with Crippen molar-refractivity contribution in [1.82, 2.24) is 9.88 Å². The predicted octanol–water partition coefficient (Wildman–Crippen LogP) is 4.20. The first-order valence-corrected chi connectivity index (χ1v) is 11.4. The van der Waals surface area contributed by atoms with E-state index >= 15 is 0 Å². The minimum absolute atomic E-state index is 0.105. The zero-order valence-electron chi connectivity index (χ0n) is 19.5. The Morgan fingerprint density at radius 3 is 2.37 bits per heavy atom. The van der Waals surface area contributed by atoms with Crippen molar-refractivity contribution in [1.29, 1.82) is 0 Å². The van der Waals surface area contributed by atoms with Crippen LogP contribution in [0.3, 0.4) is 0 Å². The van der Waals surface area contributed by atoms with E-state index < -0.39 is 29.4 Å². The fraction of sp³-hybridized carbons (Fsp3) is 0.296. The Hall–Kier alpha value is -3.65. The molecule has 1 N–H and O–H groups in total. The highest BCUT2D eigenvalue weighted by atomic mass is 19.1. The average Bonchev–Trinajstić information content (AvgIpc) is 2.84. The van der Waals surface area contributed by atoms with Gasteiger partial charge in [0.05, 0.1) is 5.69 Å². The Morgan fingerprint density at radius 2 is 1.71 bits per heavy atom. The van der Waals surface area contributed by atoms with Crippen molar-refractivity contribution in [2.75, 3.05) is 13.2 Å². The van der Waals surface area contributed by atoms with Crippen LogP contribution in [0.1, 0.15) is 45.9 Å². The molecule has 35 heavy (non-hydrogen) atoms. The fourth-order valence-electron chi connectivity index (χ4n) is 4.40. The van der Waals surface area contributed by atoms with Gasteiger partial charge in [-0.15, -0.1) is 0 Å². The van der Waals surface area contributed by atoms with Gasteiger partial charge >= 0.3 is 0 Å². The van der Waals surface area contributed by atoms with Gasteiger partial charge in [0.2, 0.25) is 5.91 Å². The van der Waals surface area contributed by atoms with Crippen molar-refractivity contribution in [3.63, 3.8) is 0 Å². The van der Waals surface area contributed by atoms with Crippen LogP contribution in [0.5, 0.6) is 0 Å². The monoisotopic (exact) mass is 480 g/mol. The molecule has 1 aliphatic rings. The van der Waals surface area contributed by atoms with E-state index in [0.717, 1.165) is 23.3 Å². The van der Waals surface area contributed by atoms with E-state index in [1.165, 1.54) is 22.9 Å². The van der Waals surface area contributed by atoms with Crippen LogP contribution in [-0.4, -0.2) is 29.5 Å². The Morgan fingerprint density at radius 1 is 1.03 bits per heavy atom. The van der Waals surface area contributed by atoms with Gasteiger partial charge in [-0.25, -0.2) is 8.78 Å². The van der Waals surface area contributed by atoms with Crippen LogP contribution in [0.4, 0.5) is 8.78 Å². The average molecular weight is 481 g/mol. The molecule has 2 heterocycles. The lowest BCUT2D eigenvalue weighted by Crippen LogP contribution is -2.40. The highest BCUT2D eigenvalue weighted by Gasteiger charge is 2.31. The second-order valence-corrected chi connectivity index (χ2v) is 8.72. The van der Waals surface area contributed by atoms with E-state index in [9.17, 15) is 23.2 Å². The van der Waals surface area contributed by atoms with E-state index in [-0.39, 0.29) is 22.6 Å². The van der Waals surface area contributed by atoms with Crippen LogP contribution >= 0.6 is 0 Å². The molecule has 0 bridgehead atoms. The van der Waals surface area contributed by atoms with Crippen molar-refractivity contribution in [2.45, 2.75) is 32.7 Å². The number of nitrogens with one attached hydrogen (secondary N) is 1. The molecule has 0 spiro atoms. The fourth-order valence-corrected chi connectivity index (χ4v) is 4.40. The summed E-state index contributed by atoms with van der Waals surface area (Å²) in [6.07, 6.45) is 2.36. The molecule has 1 saturated heterocycles. The minimum atomic E-state index is -1.39. The number of aryl methyl sites for hydroxylation is 2. The number of ketones is 1. The van der Waals surface area contributed by atoms with E-state index in [0.29, 0.717) is 37.8 Å². The lowest BCUT2D eigenvalue weighted by Gasteiger charge is -2.25. The van der Waals surface area contributed by atoms with E-state index in [2.05, 4.69) is 5.32 Å². The molecule has 3 aromatic rings. The van der Waals surface area contributed by atoms with Gasteiger partial charge in [0, 0.05) is 48.6 Å². The lowest BCUT2D eigenvalue weighted by molar-refractivity contribution is -0.128. The van der Waals surface area contributed by atoms with E-state index in [1.54, 1.807) is 0 Å². The number of hydrogen-bond acceptors (Lipinski definition) is 4. The zero-order valence-corrected chi connectivity index (χ0v) is 19.5. The van der Waals surface area contributed by atoms with Gasteiger partial charge in [-0.05, 0) is 49.9 Å². The number of hydrogen-bond donors (Lipinski definition) is 1. The number of rotatable bonds is 6. The Balaban J connectivity index is 1.75. The first-order valence-electron chi connectivity index (χ1n) is 11.4. The molecule has 1 atom stereocenters. The molecule has 1 unspecified atom stereocenters. The van der Waals surface area contributed by atoms with Crippen molar-refractivity contribution >= 4 is 11.7 Å². The maximum Gasteiger partial charge on any atom is 0.255 e. The summed E-state index contributed by atoms with van der Waals surface area (Å²) in [4.78, 5) is 39.3. The van der Waals surface area contributed by atoms with E-state index in [1.807, 2.05) is 32.0 Å². The number of amides is 1. The largest absolute Gasteiger partial charge is 0.381 e. The van der Waals surface area contributed by atoms with Gasteiger partial charge in [0.15, 0.2) is 5.78 Å². The minimum Gasteiger partial charge on any atom is -0.381 e. The lowest BCUT2D eigenvalue weighted by atomic mass is 9.94. The number of ether oxygens (including phenoxy) is 1. The van der Waals surface area contributed by atoms with E-state index in [4.69, 9.17) is 4.74 Å². The third-order valence-electron chi connectivity index (χ3n) is 6.29. The summed E-state index contributed by atoms with van der Waals surface area (Å²) in [6, 6.07) is 9.66. The molecule has 2 aromatic carbocycles. The molecule has 6 nitrogen and oxygen atoms in total. The molecule has 0 radical (unpaired) electrons. The van der Waals surface area contributed by atoms with Crippen LogP contribution in [0.2, 0.25) is 0 Å². The third-order valence-corrected chi connectivity index (χ3v) is 6.29. The second-order valence-electron chi connectivity index (χ2n) is 8.72. The molecular weight excluding hydrogens is 454 g/mol. The first-order chi connectivity index (χ1) is 16.8. The SMILES string of the molecule is Cc1cccc(C)c1-n1cc(C(=O)C(NC(=O)C2CCOCC2)c2ccc(F)cc2F)ccc1=O. The number of benzene rings is 2. The van der Waals surface area contributed by atoms with Gasteiger partial charge in [0.25, 0.3) is 5.56 Å². The quantitative estimate of drug-likeness (QED) is 0.537. The van der Waals surface area contributed by atoms with Crippen molar-refractivity contribution < 1.29 is 23.1 Å². The molecule has 0 saturated carbocycles. The second kappa shape index (κ2) is 10.3. The number of halogens is 2. The highest BCUT2D eigenvalue weighted by Crippen LogP contribution is 2.25. The summed E-state index contributed by atoms with van der Waals surface area (Å²) >= 11 is 0. The van der Waals surface area contributed by atoms with Gasteiger partial charge in [-0.3, -0.25) is 19.0 Å². The third kappa shape index (κ3) is 5.22. The number of para-hydroxylation sites is 1. The van der Waals surface area contributed by atoms with Crippen LogP contribution in [0.15, 0.2) is 59.5 Å². The van der Waals surface area contributed by atoms with Gasteiger partial charge in [-0.1, -0.05) is 24.3 Å². The van der Waals surface area contributed by atoms with Gasteiger partial charge in [-0.2, -0.15) is 0 Å². The Kier molecular flexibility index (Phi) is 7.21. The number of carbonyl (C=O) groups excluding carboxylic acids is 2. The summed E-state index contributed by atoms with van der Waals surface area (Å²) < 4.78 is 35.0. The molecular formula is C27H26F2N2O4. The summed E-state index contributed by atoms with van der Waals surface area (Å²) in [6.45, 7) is 4.55. The standard InChI is InChI=1S/C27H26F2N2O4/c1-16-4-3-5-17(2)25(16)31-15-19(6-9-23(31)32)26(33)24(21-8-7-20(28)14-22(21)29)30-27(34)18-10-12-35-13-11-18/h3-9,14-15,18,24H,10-13H2,1-2H3,(H,30,34). The van der Waals surface area contributed by atoms with Gasteiger partial charge < -0.3 is 10.1 Å². The summed E-state index contributed by atoms with van der Waals surface area (Å²) in [5, 5.41) is 2.66. The van der Waals surface area contributed by atoms with Crippen LogP contribution in [0, 0.1) is 31.4 Å². The molecule has 1 aromatic heterocycles. The molecule has 1 amide bonds. The molecule has 1 aliphatic heterocycles. The molecule has 1 fully saturated rings. The highest BCUT2D eigenvalue weighted by molar-refractivity contribution is 6.02. The number of nitrogens with zero attached hydrogens (tertiary/aromatic N) is 1. The smallest absolute Gasteiger partial charge is 0.255 e. The van der Waals surface area contributed by atoms with Crippen LogP contribution in [-0.2, 0) is 9.53 Å². The first kappa shape index (κ1) is 24.5. The van der Waals surface area contributed by atoms with Crippen molar-refractivity contribution in [3.8, 4) is 5.69 Å². The Labute approximate surface area is 201 Å². The number of aromatic nitrogens is 1. The van der Waals surface area contributed by atoms with Crippen molar-refractivity contribution in [2.24, 2.45) is 5.92 Å².